The summed E-state index contributed by atoms with van der Waals surface area (Å²) in [6.45, 7) is 0.589. The second kappa shape index (κ2) is 6.12. The van der Waals surface area contributed by atoms with Crippen LogP contribution in [0.1, 0.15) is 6.42 Å². The molecule has 0 aliphatic carbocycles. The molecule has 4 nitrogen and oxygen atoms in total. The third-order valence-electron chi connectivity index (χ3n) is 3.45. The summed E-state index contributed by atoms with van der Waals surface area (Å²) in [5.74, 6) is 1.15. The first-order valence-electron chi connectivity index (χ1n) is 6.62. The van der Waals surface area contributed by atoms with Crippen LogP contribution in [0.2, 0.25) is 0 Å². The second-order valence-corrected chi connectivity index (χ2v) is 6.20. The largest absolute Gasteiger partial charge is 0.280 e. The maximum absolute atomic E-state index is 12.0. The Bertz CT molecular complexity index is 662. The van der Waals surface area contributed by atoms with Crippen LogP contribution in [-0.2, 0) is 4.79 Å². The molecule has 1 fully saturated rings. The number of aromatic nitrogens is 2. The summed E-state index contributed by atoms with van der Waals surface area (Å²) < 4.78 is 1.01. The first-order chi connectivity index (χ1) is 10.2. The summed E-state index contributed by atoms with van der Waals surface area (Å²) in [5.41, 5.74) is 1.79. The minimum absolute atomic E-state index is 0.0357. The van der Waals surface area contributed by atoms with Gasteiger partial charge in [-0.1, -0.05) is 28.1 Å². The molecule has 0 bridgehead atoms. The SMILES string of the molecule is O=C1CC(CCl)CN1c1nccc(-c2ccc(Br)cc2)n1. The van der Waals surface area contributed by atoms with Crippen molar-refractivity contribution in [2.75, 3.05) is 17.3 Å². The standard InChI is InChI=1S/C15H13BrClN3O/c16-12-3-1-11(2-4-12)13-5-6-18-15(19-13)20-9-10(8-17)7-14(20)21/h1-6,10H,7-9H2. The number of carbonyl (C=O) groups excluding carboxylic acids is 1. The van der Waals surface area contributed by atoms with Crippen molar-refractivity contribution in [3.05, 3.63) is 41.0 Å². The Morgan fingerprint density at radius 1 is 1.29 bits per heavy atom. The van der Waals surface area contributed by atoms with Gasteiger partial charge >= 0.3 is 0 Å². The number of benzene rings is 1. The van der Waals surface area contributed by atoms with Crippen LogP contribution in [-0.4, -0.2) is 28.3 Å². The molecule has 6 heteroatoms. The first kappa shape index (κ1) is 14.5. The van der Waals surface area contributed by atoms with Gasteiger partial charge in [0.15, 0.2) is 0 Å². The molecule has 0 spiro atoms. The molecule has 0 saturated carbocycles. The van der Waals surface area contributed by atoms with Crippen LogP contribution in [0.4, 0.5) is 5.95 Å². The fourth-order valence-electron chi connectivity index (χ4n) is 2.34. The summed E-state index contributed by atoms with van der Waals surface area (Å²) in [6, 6.07) is 9.71. The van der Waals surface area contributed by atoms with E-state index in [1.54, 1.807) is 11.1 Å². The molecule has 2 aromatic rings. The van der Waals surface area contributed by atoms with Crippen molar-refractivity contribution < 1.29 is 4.79 Å². The van der Waals surface area contributed by atoms with Crippen molar-refractivity contribution in [1.29, 1.82) is 0 Å². The van der Waals surface area contributed by atoms with Crippen molar-refractivity contribution in [3.63, 3.8) is 0 Å². The van der Waals surface area contributed by atoms with Crippen molar-refractivity contribution in [1.82, 2.24) is 9.97 Å². The summed E-state index contributed by atoms with van der Waals surface area (Å²) in [4.78, 5) is 22.4. The summed E-state index contributed by atoms with van der Waals surface area (Å²) in [5, 5.41) is 0. The molecule has 0 N–H and O–H groups in total. The molecule has 1 aromatic carbocycles. The van der Waals surface area contributed by atoms with Gasteiger partial charge in [-0.25, -0.2) is 9.97 Å². The van der Waals surface area contributed by atoms with Crippen LogP contribution in [0.3, 0.4) is 0 Å². The van der Waals surface area contributed by atoms with Gasteiger partial charge in [-0.15, -0.1) is 11.6 Å². The number of nitrogens with zero attached hydrogens (tertiary/aromatic N) is 3. The van der Waals surface area contributed by atoms with Gasteiger partial charge < -0.3 is 0 Å². The predicted octanol–water partition coefficient (Wildman–Crippen LogP) is 3.50. The Morgan fingerprint density at radius 2 is 2.05 bits per heavy atom. The van der Waals surface area contributed by atoms with Crippen molar-refractivity contribution in [3.8, 4) is 11.3 Å². The predicted molar refractivity (Wildman–Crippen MR) is 86.3 cm³/mol. The monoisotopic (exact) mass is 365 g/mol. The second-order valence-electron chi connectivity index (χ2n) is 4.98. The lowest BCUT2D eigenvalue weighted by molar-refractivity contribution is -0.117. The molecule has 2 heterocycles. The summed E-state index contributed by atoms with van der Waals surface area (Å²) in [7, 11) is 0. The Hall–Kier alpha value is -1.46. The number of anilines is 1. The smallest absolute Gasteiger partial charge is 0.232 e. The van der Waals surface area contributed by atoms with E-state index in [1.165, 1.54) is 0 Å². The van der Waals surface area contributed by atoms with E-state index in [1.807, 2.05) is 30.3 Å². The highest BCUT2D eigenvalue weighted by atomic mass is 79.9. The van der Waals surface area contributed by atoms with Gasteiger partial charge in [0.1, 0.15) is 0 Å². The van der Waals surface area contributed by atoms with Gasteiger partial charge in [0.05, 0.1) is 5.69 Å². The van der Waals surface area contributed by atoms with E-state index in [-0.39, 0.29) is 11.8 Å². The highest BCUT2D eigenvalue weighted by Gasteiger charge is 2.31. The van der Waals surface area contributed by atoms with E-state index in [0.717, 1.165) is 15.7 Å². The maximum atomic E-state index is 12.0. The van der Waals surface area contributed by atoms with Crippen LogP contribution < -0.4 is 4.90 Å². The lowest BCUT2D eigenvalue weighted by Gasteiger charge is -2.14. The number of halogens is 2. The van der Waals surface area contributed by atoms with Gasteiger partial charge in [-0.3, -0.25) is 9.69 Å². The maximum Gasteiger partial charge on any atom is 0.232 e. The topological polar surface area (TPSA) is 46.1 Å². The van der Waals surface area contributed by atoms with Gasteiger partial charge in [0, 0.05) is 35.1 Å². The van der Waals surface area contributed by atoms with Gasteiger partial charge in [0.25, 0.3) is 0 Å². The molecule has 1 aromatic heterocycles. The zero-order chi connectivity index (χ0) is 14.8. The van der Waals surface area contributed by atoms with E-state index >= 15 is 0 Å². The van der Waals surface area contributed by atoms with Crippen LogP contribution in [0.25, 0.3) is 11.3 Å². The molecule has 1 unspecified atom stereocenters. The Labute approximate surface area is 136 Å². The summed E-state index contributed by atoms with van der Waals surface area (Å²) in [6.07, 6.45) is 2.15. The lowest BCUT2D eigenvalue weighted by Crippen LogP contribution is -2.26. The normalized spacial score (nSPS) is 18.3. The average molecular weight is 367 g/mol. The average Bonchev–Trinajstić information content (AvgIpc) is 2.89. The zero-order valence-corrected chi connectivity index (χ0v) is 13.5. The summed E-state index contributed by atoms with van der Waals surface area (Å²) >= 11 is 9.25. The minimum Gasteiger partial charge on any atom is -0.280 e. The molecular formula is C15H13BrClN3O. The number of hydrogen-bond acceptors (Lipinski definition) is 3. The van der Waals surface area contributed by atoms with Crippen molar-refractivity contribution in [2.24, 2.45) is 5.92 Å². The number of alkyl halides is 1. The molecule has 1 amide bonds. The highest BCUT2D eigenvalue weighted by molar-refractivity contribution is 9.10. The number of amides is 1. The van der Waals surface area contributed by atoms with Crippen molar-refractivity contribution in [2.45, 2.75) is 6.42 Å². The quantitative estimate of drug-likeness (QED) is 0.781. The number of hydrogen-bond donors (Lipinski definition) is 0. The van der Waals surface area contributed by atoms with Crippen LogP contribution in [0.5, 0.6) is 0 Å². The van der Waals surface area contributed by atoms with Crippen LogP contribution >= 0.6 is 27.5 Å². The highest BCUT2D eigenvalue weighted by Crippen LogP contribution is 2.25. The zero-order valence-electron chi connectivity index (χ0n) is 11.2. The fourth-order valence-corrected chi connectivity index (χ4v) is 2.81. The van der Waals surface area contributed by atoms with Crippen LogP contribution in [0.15, 0.2) is 41.0 Å². The molecule has 1 aliphatic heterocycles. The third kappa shape index (κ3) is 3.09. The molecular weight excluding hydrogens is 354 g/mol. The van der Waals surface area contributed by atoms with E-state index < -0.39 is 0 Å². The number of carbonyl (C=O) groups is 1. The fraction of sp³-hybridized carbons (Fsp3) is 0.267. The van der Waals surface area contributed by atoms with Gasteiger partial charge in [0.2, 0.25) is 11.9 Å². The molecule has 1 saturated heterocycles. The van der Waals surface area contributed by atoms with E-state index in [0.29, 0.717) is 24.8 Å². The van der Waals surface area contributed by atoms with E-state index in [2.05, 4.69) is 25.9 Å². The molecule has 21 heavy (non-hydrogen) atoms. The van der Waals surface area contributed by atoms with Gasteiger partial charge in [-0.2, -0.15) is 0 Å². The minimum atomic E-state index is 0.0357. The first-order valence-corrected chi connectivity index (χ1v) is 7.95. The molecule has 3 rings (SSSR count). The van der Waals surface area contributed by atoms with Gasteiger partial charge in [-0.05, 0) is 24.1 Å². The molecule has 1 aliphatic rings. The molecule has 108 valence electrons. The molecule has 1 atom stereocenters. The number of rotatable bonds is 3. The lowest BCUT2D eigenvalue weighted by atomic mass is 10.1. The van der Waals surface area contributed by atoms with E-state index in [9.17, 15) is 4.79 Å². The van der Waals surface area contributed by atoms with Crippen molar-refractivity contribution >= 4 is 39.4 Å². The Kier molecular flexibility index (Phi) is 4.22. The Morgan fingerprint density at radius 3 is 2.71 bits per heavy atom. The Balaban J connectivity index is 1.90. The van der Waals surface area contributed by atoms with Crippen LogP contribution in [0, 0.1) is 5.92 Å². The molecule has 0 radical (unpaired) electrons. The third-order valence-corrected chi connectivity index (χ3v) is 4.41. The van der Waals surface area contributed by atoms with E-state index in [4.69, 9.17) is 11.6 Å².